The Morgan fingerprint density at radius 1 is 1.14 bits per heavy atom. The molecule has 3 rings (SSSR count). The molecule has 1 aliphatic rings. The third kappa shape index (κ3) is 5.03. The fraction of sp³-hybridized carbons (Fsp3) is 0.412. The van der Waals surface area contributed by atoms with Gasteiger partial charge in [0.15, 0.2) is 0 Å². The van der Waals surface area contributed by atoms with Gasteiger partial charge in [-0.15, -0.1) is 13.2 Å². The lowest BCUT2D eigenvalue weighted by Gasteiger charge is -2.30. The molecule has 1 aromatic carbocycles. The summed E-state index contributed by atoms with van der Waals surface area (Å²) in [5.41, 5.74) is 0.0379. The topological polar surface area (TPSA) is 84.4 Å². The van der Waals surface area contributed by atoms with E-state index in [0.717, 1.165) is 38.1 Å². The van der Waals surface area contributed by atoms with Gasteiger partial charge in [0, 0.05) is 13.1 Å². The molecule has 1 fully saturated rings. The van der Waals surface area contributed by atoms with Gasteiger partial charge >= 0.3 is 6.36 Å². The lowest BCUT2D eigenvalue weighted by atomic mass is 10.00. The van der Waals surface area contributed by atoms with Gasteiger partial charge in [-0.2, -0.15) is 0 Å². The summed E-state index contributed by atoms with van der Waals surface area (Å²) in [6.07, 6.45) is -0.403. The summed E-state index contributed by atoms with van der Waals surface area (Å²) in [7, 11) is -4.33. The van der Waals surface area contributed by atoms with E-state index in [1.165, 1.54) is 24.5 Å². The first kappa shape index (κ1) is 20.2. The second-order valence-corrected chi connectivity index (χ2v) is 8.19. The normalized spacial score (nSPS) is 16.1. The number of benzene rings is 1. The van der Waals surface area contributed by atoms with Crippen molar-refractivity contribution in [2.24, 2.45) is 5.92 Å². The Kier molecular flexibility index (Phi) is 5.64. The maximum Gasteiger partial charge on any atom is 0.573 e. The van der Waals surface area contributed by atoms with Gasteiger partial charge in [-0.1, -0.05) is 19.1 Å². The van der Waals surface area contributed by atoms with E-state index in [1.807, 2.05) is 4.90 Å². The number of aromatic nitrogens is 2. The monoisotopic (exact) mass is 416 g/mol. The van der Waals surface area contributed by atoms with E-state index in [2.05, 4.69) is 26.4 Å². The Bertz CT molecular complexity index is 912. The Balaban J connectivity index is 1.76. The Morgan fingerprint density at radius 3 is 2.36 bits per heavy atom. The lowest BCUT2D eigenvalue weighted by Crippen LogP contribution is -2.34. The number of piperidine rings is 1. The van der Waals surface area contributed by atoms with E-state index in [0.29, 0.717) is 11.9 Å². The number of anilines is 2. The van der Waals surface area contributed by atoms with Crippen LogP contribution in [0.25, 0.3) is 0 Å². The number of rotatable bonds is 5. The molecule has 28 heavy (non-hydrogen) atoms. The predicted octanol–water partition coefficient (Wildman–Crippen LogP) is 3.41. The smallest absolute Gasteiger partial charge is 0.404 e. The number of ether oxygens (including phenoxy) is 1. The molecule has 1 saturated heterocycles. The van der Waals surface area contributed by atoms with Crippen molar-refractivity contribution in [1.82, 2.24) is 9.97 Å². The minimum atomic E-state index is -5.01. The van der Waals surface area contributed by atoms with Crippen molar-refractivity contribution in [3.05, 3.63) is 36.7 Å². The fourth-order valence-corrected chi connectivity index (χ4v) is 4.00. The van der Waals surface area contributed by atoms with Gasteiger partial charge in [0.05, 0.1) is 18.1 Å². The summed E-state index contributed by atoms with van der Waals surface area (Å²) in [6.45, 7) is 3.80. The number of sulfonamides is 1. The van der Waals surface area contributed by atoms with Crippen molar-refractivity contribution in [3.63, 3.8) is 0 Å². The van der Waals surface area contributed by atoms with Crippen LogP contribution in [0.1, 0.15) is 19.8 Å². The zero-order chi connectivity index (χ0) is 20.4. The van der Waals surface area contributed by atoms with Crippen molar-refractivity contribution in [2.75, 3.05) is 22.7 Å². The number of hydrogen-bond donors (Lipinski definition) is 1. The van der Waals surface area contributed by atoms with Crippen LogP contribution in [0.4, 0.5) is 24.8 Å². The number of halogens is 3. The molecule has 7 nitrogen and oxygen atoms in total. The summed E-state index contributed by atoms with van der Waals surface area (Å²) < 4.78 is 68.6. The maximum atomic E-state index is 12.5. The van der Waals surface area contributed by atoms with Gasteiger partial charge in [0.2, 0.25) is 5.95 Å². The highest BCUT2D eigenvalue weighted by atomic mass is 32.2. The van der Waals surface area contributed by atoms with Gasteiger partial charge in [0.1, 0.15) is 10.6 Å². The summed E-state index contributed by atoms with van der Waals surface area (Å²) in [6, 6.07) is 4.50. The maximum absolute atomic E-state index is 12.5. The molecule has 0 spiro atoms. The predicted molar refractivity (Wildman–Crippen MR) is 96.6 cm³/mol. The van der Waals surface area contributed by atoms with E-state index in [9.17, 15) is 21.6 Å². The van der Waals surface area contributed by atoms with Gasteiger partial charge in [-0.05, 0) is 30.9 Å². The van der Waals surface area contributed by atoms with Crippen molar-refractivity contribution < 1.29 is 26.3 Å². The molecule has 0 unspecified atom stereocenters. The minimum absolute atomic E-state index is 0.0379. The molecule has 152 valence electrons. The number of para-hydroxylation sites is 1. The van der Waals surface area contributed by atoms with Crippen molar-refractivity contribution in [1.29, 1.82) is 0 Å². The third-order valence-corrected chi connectivity index (χ3v) is 5.74. The summed E-state index contributed by atoms with van der Waals surface area (Å²) >= 11 is 0. The molecule has 1 N–H and O–H groups in total. The van der Waals surface area contributed by atoms with Crippen molar-refractivity contribution in [2.45, 2.75) is 31.0 Å². The molecule has 1 aliphatic heterocycles. The average molecular weight is 416 g/mol. The highest BCUT2D eigenvalue weighted by Crippen LogP contribution is 2.30. The molecule has 0 bridgehead atoms. The van der Waals surface area contributed by atoms with Gasteiger partial charge in [-0.3, -0.25) is 4.72 Å². The number of nitrogens with one attached hydrogen (secondary N) is 1. The SMILES string of the molecule is CC1CCN(c2ncc(NS(=O)(=O)c3ccccc3OC(F)(F)F)cn2)CC1. The third-order valence-electron chi connectivity index (χ3n) is 4.32. The standard InChI is InChI=1S/C17H19F3N4O3S/c1-12-6-8-24(9-7-12)16-21-10-13(11-22-16)23-28(25,26)15-5-3-2-4-14(15)27-17(18,19)20/h2-5,10-12,23H,6-9H2,1H3. The quantitative estimate of drug-likeness (QED) is 0.804. The van der Waals surface area contributed by atoms with Crippen LogP contribution in [0.5, 0.6) is 5.75 Å². The van der Waals surface area contributed by atoms with Crippen LogP contribution in [0.3, 0.4) is 0 Å². The Hall–Kier alpha value is -2.56. The van der Waals surface area contributed by atoms with Crippen LogP contribution in [0, 0.1) is 5.92 Å². The highest BCUT2D eigenvalue weighted by Gasteiger charge is 2.34. The molecule has 11 heteroatoms. The van der Waals surface area contributed by atoms with E-state index in [4.69, 9.17) is 0 Å². The largest absolute Gasteiger partial charge is 0.573 e. The van der Waals surface area contributed by atoms with E-state index < -0.39 is 27.0 Å². The molecule has 1 aromatic heterocycles. The van der Waals surface area contributed by atoms with Crippen molar-refractivity contribution >= 4 is 21.7 Å². The second-order valence-electron chi connectivity index (χ2n) is 6.54. The fourth-order valence-electron chi connectivity index (χ4n) is 2.84. The van der Waals surface area contributed by atoms with E-state index in [1.54, 1.807) is 0 Å². The van der Waals surface area contributed by atoms with Gasteiger partial charge in [-0.25, -0.2) is 18.4 Å². The molecular weight excluding hydrogens is 397 g/mol. The van der Waals surface area contributed by atoms with E-state index in [-0.39, 0.29) is 5.69 Å². The van der Waals surface area contributed by atoms with Crippen LogP contribution in [0.15, 0.2) is 41.6 Å². The summed E-state index contributed by atoms with van der Waals surface area (Å²) in [5, 5.41) is 0. The molecular formula is C17H19F3N4O3S. The minimum Gasteiger partial charge on any atom is -0.404 e. The van der Waals surface area contributed by atoms with Crippen LogP contribution >= 0.6 is 0 Å². The zero-order valence-electron chi connectivity index (χ0n) is 15.0. The first-order valence-electron chi connectivity index (χ1n) is 8.58. The number of hydrogen-bond acceptors (Lipinski definition) is 6. The van der Waals surface area contributed by atoms with Crippen LogP contribution in [-0.2, 0) is 10.0 Å². The molecule has 0 radical (unpaired) electrons. The molecule has 0 atom stereocenters. The molecule has 0 saturated carbocycles. The molecule has 2 aromatic rings. The Labute approximate surface area is 160 Å². The van der Waals surface area contributed by atoms with Crippen LogP contribution in [0.2, 0.25) is 0 Å². The molecule has 2 heterocycles. The van der Waals surface area contributed by atoms with E-state index >= 15 is 0 Å². The summed E-state index contributed by atoms with van der Waals surface area (Å²) in [4.78, 5) is 9.69. The molecule has 0 aliphatic carbocycles. The van der Waals surface area contributed by atoms with Crippen molar-refractivity contribution in [3.8, 4) is 5.75 Å². The zero-order valence-corrected chi connectivity index (χ0v) is 15.8. The Morgan fingerprint density at radius 2 is 1.75 bits per heavy atom. The first-order valence-corrected chi connectivity index (χ1v) is 10.1. The van der Waals surface area contributed by atoms with Crippen LogP contribution in [-0.4, -0.2) is 37.8 Å². The second kappa shape index (κ2) is 7.82. The number of alkyl halides is 3. The summed E-state index contributed by atoms with van der Waals surface area (Å²) in [5.74, 6) is 0.305. The van der Waals surface area contributed by atoms with Crippen LogP contribution < -0.4 is 14.4 Å². The van der Waals surface area contributed by atoms with Gasteiger partial charge < -0.3 is 9.64 Å². The average Bonchev–Trinajstić information content (AvgIpc) is 2.62. The lowest BCUT2D eigenvalue weighted by molar-refractivity contribution is -0.275. The first-order chi connectivity index (χ1) is 13.1. The molecule has 0 amide bonds. The van der Waals surface area contributed by atoms with Gasteiger partial charge in [0.25, 0.3) is 10.0 Å². The highest BCUT2D eigenvalue weighted by molar-refractivity contribution is 7.92. The number of nitrogens with zero attached hydrogens (tertiary/aromatic N) is 3.